The molecule has 1 N–H and O–H groups in total. The topological polar surface area (TPSA) is 38.0 Å². The smallest absolute Gasteiger partial charge is 0.113 e. The predicted molar refractivity (Wildman–Crippen MR) is 68.1 cm³/mol. The summed E-state index contributed by atoms with van der Waals surface area (Å²) in [5.41, 5.74) is 2.12. The molecule has 4 heteroatoms. The number of hydrogen-bond acceptors (Lipinski definition) is 3. The highest BCUT2D eigenvalue weighted by Crippen LogP contribution is 2.40. The second-order valence-corrected chi connectivity index (χ2v) is 5.72. The van der Waals surface area contributed by atoms with Gasteiger partial charge in [-0.05, 0) is 37.3 Å². The van der Waals surface area contributed by atoms with Crippen LogP contribution >= 0.6 is 11.3 Å². The molecule has 2 aromatic heterocycles. The van der Waals surface area contributed by atoms with Crippen molar-refractivity contribution in [3.63, 3.8) is 0 Å². The third-order valence-corrected chi connectivity index (χ3v) is 4.12. The lowest BCUT2D eigenvalue weighted by atomic mass is 10.1. The molecular formula is C13H16N2OS. The molecule has 0 spiro atoms. The Morgan fingerprint density at radius 2 is 2.41 bits per heavy atom. The zero-order chi connectivity index (χ0) is 11.8. The van der Waals surface area contributed by atoms with Crippen molar-refractivity contribution in [2.45, 2.75) is 32.4 Å². The van der Waals surface area contributed by atoms with Gasteiger partial charge in [-0.25, -0.2) is 4.98 Å². The van der Waals surface area contributed by atoms with Crippen LogP contribution in [0.4, 0.5) is 0 Å². The van der Waals surface area contributed by atoms with Crippen LogP contribution in [0.5, 0.6) is 0 Å². The van der Waals surface area contributed by atoms with Gasteiger partial charge in [0.25, 0.3) is 0 Å². The summed E-state index contributed by atoms with van der Waals surface area (Å²) in [6.45, 7) is 2.81. The van der Waals surface area contributed by atoms with E-state index in [4.69, 9.17) is 0 Å². The number of hydrogen-bond donors (Lipinski definition) is 1. The van der Waals surface area contributed by atoms with E-state index < -0.39 is 0 Å². The summed E-state index contributed by atoms with van der Waals surface area (Å²) in [4.78, 5) is 4.44. The first-order chi connectivity index (χ1) is 8.22. The van der Waals surface area contributed by atoms with Crippen molar-refractivity contribution in [3.8, 4) is 0 Å². The molecular weight excluding hydrogens is 232 g/mol. The van der Waals surface area contributed by atoms with E-state index in [0.29, 0.717) is 5.92 Å². The normalized spacial score (nSPS) is 17.3. The van der Waals surface area contributed by atoms with Crippen LogP contribution in [0.1, 0.15) is 35.2 Å². The van der Waals surface area contributed by atoms with Gasteiger partial charge < -0.3 is 9.67 Å². The van der Waals surface area contributed by atoms with Crippen LogP contribution in [-0.4, -0.2) is 14.7 Å². The van der Waals surface area contributed by atoms with Crippen molar-refractivity contribution in [1.29, 1.82) is 0 Å². The molecule has 1 unspecified atom stereocenters. The highest BCUT2D eigenvalue weighted by atomic mass is 32.1. The first-order valence-corrected chi connectivity index (χ1v) is 6.85. The summed E-state index contributed by atoms with van der Waals surface area (Å²) >= 11 is 1.69. The molecule has 2 aromatic rings. The summed E-state index contributed by atoms with van der Waals surface area (Å²) in [5.74, 6) is 0.493. The van der Waals surface area contributed by atoms with Crippen LogP contribution in [0.25, 0.3) is 0 Å². The molecule has 2 heterocycles. The fraction of sp³-hybridized carbons (Fsp3) is 0.462. The number of nitrogens with zero attached hydrogens (tertiary/aromatic N) is 2. The van der Waals surface area contributed by atoms with E-state index in [1.807, 2.05) is 25.4 Å². The quantitative estimate of drug-likeness (QED) is 0.903. The van der Waals surface area contributed by atoms with E-state index in [9.17, 15) is 5.11 Å². The minimum Gasteiger partial charge on any atom is -0.388 e. The largest absolute Gasteiger partial charge is 0.388 e. The molecule has 0 bridgehead atoms. The Morgan fingerprint density at radius 1 is 1.59 bits per heavy atom. The van der Waals surface area contributed by atoms with Crippen molar-refractivity contribution in [1.82, 2.24) is 9.55 Å². The predicted octanol–water partition coefficient (Wildman–Crippen LogP) is 2.74. The van der Waals surface area contributed by atoms with Crippen LogP contribution in [-0.2, 0) is 6.54 Å². The zero-order valence-electron chi connectivity index (χ0n) is 9.84. The first-order valence-electron chi connectivity index (χ1n) is 5.97. The van der Waals surface area contributed by atoms with Crippen molar-refractivity contribution < 1.29 is 5.11 Å². The molecule has 0 radical (unpaired) electrons. The summed E-state index contributed by atoms with van der Waals surface area (Å²) in [5, 5.41) is 13.2. The van der Waals surface area contributed by atoms with Gasteiger partial charge >= 0.3 is 0 Å². The van der Waals surface area contributed by atoms with Crippen LogP contribution in [0.15, 0.2) is 23.8 Å². The van der Waals surface area contributed by atoms with E-state index in [2.05, 4.69) is 14.9 Å². The lowest BCUT2D eigenvalue weighted by molar-refractivity contribution is 0.154. The molecule has 90 valence electrons. The Hall–Kier alpha value is -1.13. The number of aliphatic hydroxyl groups is 1. The summed E-state index contributed by atoms with van der Waals surface area (Å²) in [6.07, 6.45) is 6.13. The fourth-order valence-electron chi connectivity index (χ4n) is 2.05. The van der Waals surface area contributed by atoms with Crippen LogP contribution in [0, 0.1) is 12.8 Å². The SMILES string of the molecule is Cc1csc(Cn2ccc(C(O)C3CC3)c2)n1. The monoisotopic (exact) mass is 248 g/mol. The van der Waals surface area contributed by atoms with Crippen LogP contribution in [0.2, 0.25) is 0 Å². The van der Waals surface area contributed by atoms with Gasteiger partial charge in [-0.2, -0.15) is 0 Å². The minimum absolute atomic E-state index is 0.269. The van der Waals surface area contributed by atoms with Gasteiger partial charge in [-0.3, -0.25) is 0 Å². The lowest BCUT2D eigenvalue weighted by Gasteiger charge is -2.05. The zero-order valence-corrected chi connectivity index (χ0v) is 10.7. The van der Waals surface area contributed by atoms with Gasteiger partial charge in [0.15, 0.2) is 0 Å². The summed E-state index contributed by atoms with van der Waals surface area (Å²) in [6, 6.07) is 2.02. The first kappa shape index (κ1) is 11.0. The molecule has 0 saturated heterocycles. The van der Waals surface area contributed by atoms with Crippen molar-refractivity contribution in [2.75, 3.05) is 0 Å². The van der Waals surface area contributed by atoms with Gasteiger partial charge in [0, 0.05) is 23.5 Å². The van der Waals surface area contributed by atoms with E-state index in [-0.39, 0.29) is 6.10 Å². The maximum atomic E-state index is 10.0. The maximum absolute atomic E-state index is 10.0. The number of aryl methyl sites for hydroxylation is 1. The highest BCUT2D eigenvalue weighted by Gasteiger charge is 2.31. The molecule has 1 aliphatic carbocycles. The molecule has 1 saturated carbocycles. The van der Waals surface area contributed by atoms with Crippen molar-refractivity contribution >= 4 is 11.3 Å². The molecule has 1 atom stereocenters. The highest BCUT2D eigenvalue weighted by molar-refractivity contribution is 7.09. The molecule has 3 rings (SSSR count). The van der Waals surface area contributed by atoms with Crippen LogP contribution in [0.3, 0.4) is 0 Å². The van der Waals surface area contributed by atoms with Gasteiger partial charge in [-0.15, -0.1) is 11.3 Å². The Balaban J connectivity index is 1.71. The Morgan fingerprint density at radius 3 is 3.06 bits per heavy atom. The molecule has 0 aliphatic heterocycles. The van der Waals surface area contributed by atoms with Crippen molar-refractivity contribution in [3.05, 3.63) is 40.1 Å². The van der Waals surface area contributed by atoms with Gasteiger partial charge in [-0.1, -0.05) is 0 Å². The number of rotatable bonds is 4. The third-order valence-electron chi connectivity index (χ3n) is 3.17. The van der Waals surface area contributed by atoms with E-state index in [0.717, 1.165) is 35.7 Å². The van der Waals surface area contributed by atoms with E-state index >= 15 is 0 Å². The fourth-order valence-corrected chi connectivity index (χ4v) is 2.83. The second-order valence-electron chi connectivity index (χ2n) is 4.78. The molecule has 0 amide bonds. The third kappa shape index (κ3) is 2.42. The maximum Gasteiger partial charge on any atom is 0.113 e. The second kappa shape index (κ2) is 4.27. The summed E-state index contributed by atoms with van der Waals surface area (Å²) < 4.78 is 2.10. The van der Waals surface area contributed by atoms with Crippen LogP contribution < -0.4 is 0 Å². The Kier molecular flexibility index (Phi) is 2.76. The van der Waals surface area contributed by atoms with Gasteiger partial charge in [0.1, 0.15) is 5.01 Å². The van der Waals surface area contributed by atoms with Gasteiger partial charge in [0.2, 0.25) is 0 Å². The Labute approximate surface area is 105 Å². The average Bonchev–Trinajstić information content (AvgIpc) is 2.93. The number of aromatic nitrogens is 2. The number of thiazole rings is 1. The molecule has 3 nitrogen and oxygen atoms in total. The molecule has 1 fully saturated rings. The minimum atomic E-state index is -0.269. The summed E-state index contributed by atoms with van der Waals surface area (Å²) in [7, 11) is 0. The molecule has 0 aromatic carbocycles. The van der Waals surface area contributed by atoms with E-state index in [1.54, 1.807) is 11.3 Å². The molecule has 17 heavy (non-hydrogen) atoms. The van der Waals surface area contributed by atoms with Gasteiger partial charge in [0.05, 0.1) is 12.6 Å². The number of aliphatic hydroxyl groups excluding tert-OH is 1. The average molecular weight is 248 g/mol. The standard InChI is InChI=1S/C13H16N2OS/c1-9-8-17-12(14-9)7-15-5-4-11(6-15)13(16)10-2-3-10/h4-6,8,10,13,16H,2-3,7H2,1H3. The van der Waals surface area contributed by atoms with Crippen molar-refractivity contribution in [2.24, 2.45) is 5.92 Å². The van der Waals surface area contributed by atoms with E-state index in [1.165, 1.54) is 0 Å². The molecule has 1 aliphatic rings. The Bertz CT molecular complexity index is 513. The lowest BCUT2D eigenvalue weighted by Crippen LogP contribution is -1.99.